The van der Waals surface area contributed by atoms with Crippen molar-refractivity contribution in [3.63, 3.8) is 0 Å². The zero-order chi connectivity index (χ0) is 14.4. The zero-order valence-electron chi connectivity index (χ0n) is 12.9. The Morgan fingerprint density at radius 1 is 0.700 bits per heavy atom. The molecule has 0 spiro atoms. The average molecular weight is 266 g/mol. The summed E-state index contributed by atoms with van der Waals surface area (Å²) in [5, 5.41) is 0. The summed E-state index contributed by atoms with van der Waals surface area (Å²) >= 11 is 0. The largest absolute Gasteiger partial charge is 0.0651 e. The van der Waals surface area contributed by atoms with Crippen LogP contribution in [-0.4, -0.2) is 0 Å². The Hall–Kier alpha value is -1.56. The van der Waals surface area contributed by atoms with Crippen LogP contribution in [-0.2, 0) is 0 Å². The molecule has 0 bridgehead atoms. The highest BCUT2D eigenvalue weighted by Crippen LogP contribution is 2.39. The Bertz CT molecular complexity index is 446. The van der Waals surface area contributed by atoms with E-state index in [-0.39, 0.29) is 0 Å². The quantitative estimate of drug-likeness (QED) is 0.611. The first-order valence-corrected chi connectivity index (χ1v) is 7.87. The zero-order valence-corrected chi connectivity index (χ0v) is 12.9. The standard InChI is InChI=1S/C20H26/c1-4-16(3)19(5-2)20(17-12-8-6-9-13-17)18-14-10-7-11-15-18/h6-16,19-20H,4-5H2,1-3H3. The Morgan fingerprint density at radius 2 is 1.15 bits per heavy atom. The number of benzene rings is 2. The molecule has 0 nitrogen and oxygen atoms in total. The monoisotopic (exact) mass is 266 g/mol. The lowest BCUT2D eigenvalue weighted by atomic mass is 9.73. The molecule has 0 saturated carbocycles. The number of rotatable bonds is 6. The maximum atomic E-state index is 2.40. The van der Waals surface area contributed by atoms with Gasteiger partial charge in [0.05, 0.1) is 0 Å². The van der Waals surface area contributed by atoms with Crippen LogP contribution in [0.25, 0.3) is 0 Å². The van der Waals surface area contributed by atoms with E-state index in [1.165, 1.54) is 24.0 Å². The van der Waals surface area contributed by atoms with Gasteiger partial charge in [-0.1, -0.05) is 94.3 Å². The molecule has 0 heteroatoms. The van der Waals surface area contributed by atoms with Crippen molar-refractivity contribution in [3.05, 3.63) is 71.8 Å². The van der Waals surface area contributed by atoms with Gasteiger partial charge in [0.25, 0.3) is 0 Å². The number of hydrogen-bond acceptors (Lipinski definition) is 0. The van der Waals surface area contributed by atoms with Crippen LogP contribution >= 0.6 is 0 Å². The van der Waals surface area contributed by atoms with Crippen molar-refractivity contribution in [2.24, 2.45) is 11.8 Å². The summed E-state index contributed by atoms with van der Waals surface area (Å²) in [6, 6.07) is 22.0. The smallest absolute Gasteiger partial charge is 0.0120 e. The highest BCUT2D eigenvalue weighted by molar-refractivity contribution is 5.33. The Kier molecular flexibility index (Phi) is 5.40. The molecule has 2 aromatic carbocycles. The van der Waals surface area contributed by atoms with Crippen molar-refractivity contribution in [1.82, 2.24) is 0 Å². The molecule has 0 aliphatic rings. The maximum absolute atomic E-state index is 2.40. The minimum atomic E-state index is 0.511. The van der Waals surface area contributed by atoms with Crippen LogP contribution < -0.4 is 0 Å². The van der Waals surface area contributed by atoms with E-state index in [0.29, 0.717) is 11.8 Å². The van der Waals surface area contributed by atoms with Gasteiger partial charge in [-0.25, -0.2) is 0 Å². The van der Waals surface area contributed by atoms with E-state index < -0.39 is 0 Å². The predicted octanol–water partition coefficient (Wildman–Crippen LogP) is 5.89. The molecule has 106 valence electrons. The van der Waals surface area contributed by atoms with Crippen LogP contribution in [0.15, 0.2) is 60.7 Å². The average Bonchev–Trinajstić information content (AvgIpc) is 2.53. The van der Waals surface area contributed by atoms with Crippen molar-refractivity contribution in [2.45, 2.75) is 39.5 Å². The lowest BCUT2D eigenvalue weighted by Crippen LogP contribution is -2.20. The van der Waals surface area contributed by atoms with Crippen molar-refractivity contribution in [1.29, 1.82) is 0 Å². The molecule has 0 aromatic heterocycles. The summed E-state index contributed by atoms with van der Waals surface area (Å²) in [6.07, 6.45) is 2.47. The molecule has 2 rings (SSSR count). The predicted molar refractivity (Wildman–Crippen MR) is 88.0 cm³/mol. The summed E-state index contributed by atoms with van der Waals surface area (Å²) in [7, 11) is 0. The molecule has 20 heavy (non-hydrogen) atoms. The first-order chi connectivity index (χ1) is 9.77. The van der Waals surface area contributed by atoms with E-state index in [2.05, 4.69) is 81.4 Å². The van der Waals surface area contributed by atoms with Gasteiger partial charge in [-0.15, -0.1) is 0 Å². The van der Waals surface area contributed by atoms with E-state index in [9.17, 15) is 0 Å². The van der Waals surface area contributed by atoms with E-state index in [1.807, 2.05) is 0 Å². The maximum Gasteiger partial charge on any atom is 0.0120 e. The summed E-state index contributed by atoms with van der Waals surface area (Å²) in [5.41, 5.74) is 2.90. The second-order valence-electron chi connectivity index (χ2n) is 5.76. The topological polar surface area (TPSA) is 0 Å². The molecule has 2 aromatic rings. The molecular formula is C20H26. The molecule has 0 radical (unpaired) electrons. The van der Waals surface area contributed by atoms with Crippen LogP contribution in [0, 0.1) is 11.8 Å². The van der Waals surface area contributed by atoms with E-state index in [0.717, 1.165) is 5.92 Å². The third-order valence-corrected chi connectivity index (χ3v) is 4.59. The highest BCUT2D eigenvalue weighted by atomic mass is 14.3. The molecule has 0 aliphatic carbocycles. The molecule has 2 unspecified atom stereocenters. The van der Waals surface area contributed by atoms with Gasteiger partial charge in [0.2, 0.25) is 0 Å². The molecular weight excluding hydrogens is 240 g/mol. The van der Waals surface area contributed by atoms with Crippen molar-refractivity contribution in [3.8, 4) is 0 Å². The van der Waals surface area contributed by atoms with Gasteiger partial charge in [0.1, 0.15) is 0 Å². The molecule has 0 amide bonds. The second kappa shape index (κ2) is 7.28. The Balaban J connectivity index is 2.44. The van der Waals surface area contributed by atoms with Gasteiger partial charge in [0, 0.05) is 5.92 Å². The summed E-state index contributed by atoms with van der Waals surface area (Å²) in [4.78, 5) is 0. The normalized spacial score (nSPS) is 14.2. The van der Waals surface area contributed by atoms with Gasteiger partial charge < -0.3 is 0 Å². The molecule has 0 aliphatic heterocycles. The first-order valence-electron chi connectivity index (χ1n) is 7.87. The Morgan fingerprint density at radius 3 is 1.50 bits per heavy atom. The highest BCUT2D eigenvalue weighted by Gasteiger charge is 2.27. The van der Waals surface area contributed by atoms with Gasteiger partial charge in [-0.2, -0.15) is 0 Å². The fourth-order valence-electron chi connectivity index (χ4n) is 3.28. The third-order valence-electron chi connectivity index (χ3n) is 4.59. The van der Waals surface area contributed by atoms with Gasteiger partial charge >= 0.3 is 0 Å². The minimum absolute atomic E-state index is 0.511. The van der Waals surface area contributed by atoms with Crippen LogP contribution in [0.5, 0.6) is 0 Å². The lowest BCUT2D eigenvalue weighted by molar-refractivity contribution is 0.305. The second-order valence-corrected chi connectivity index (χ2v) is 5.76. The minimum Gasteiger partial charge on any atom is -0.0651 e. The van der Waals surface area contributed by atoms with Crippen molar-refractivity contribution in [2.75, 3.05) is 0 Å². The fraction of sp³-hybridized carbons (Fsp3) is 0.400. The molecule has 0 saturated heterocycles. The number of hydrogen-bond donors (Lipinski definition) is 0. The third kappa shape index (κ3) is 3.30. The van der Waals surface area contributed by atoms with E-state index >= 15 is 0 Å². The SMILES string of the molecule is CCC(C)C(CC)C(c1ccccc1)c1ccccc1. The molecule has 2 atom stereocenters. The van der Waals surface area contributed by atoms with Crippen molar-refractivity contribution >= 4 is 0 Å². The van der Waals surface area contributed by atoms with Gasteiger partial charge in [-0.05, 0) is 23.0 Å². The van der Waals surface area contributed by atoms with Gasteiger partial charge in [-0.3, -0.25) is 0 Å². The van der Waals surface area contributed by atoms with E-state index in [4.69, 9.17) is 0 Å². The fourth-order valence-corrected chi connectivity index (χ4v) is 3.28. The summed E-state index contributed by atoms with van der Waals surface area (Å²) in [5.74, 6) is 1.95. The Labute approximate surface area is 123 Å². The summed E-state index contributed by atoms with van der Waals surface area (Å²) in [6.45, 7) is 7.03. The summed E-state index contributed by atoms with van der Waals surface area (Å²) < 4.78 is 0. The lowest BCUT2D eigenvalue weighted by Gasteiger charge is -2.31. The molecule has 0 N–H and O–H groups in total. The van der Waals surface area contributed by atoms with Crippen LogP contribution in [0.1, 0.15) is 50.7 Å². The first kappa shape index (κ1) is 14.8. The van der Waals surface area contributed by atoms with Crippen LogP contribution in [0.3, 0.4) is 0 Å². The van der Waals surface area contributed by atoms with Crippen LogP contribution in [0.2, 0.25) is 0 Å². The molecule has 0 heterocycles. The van der Waals surface area contributed by atoms with Gasteiger partial charge in [0.15, 0.2) is 0 Å². The molecule has 0 fully saturated rings. The van der Waals surface area contributed by atoms with Crippen molar-refractivity contribution < 1.29 is 0 Å². The van der Waals surface area contributed by atoms with Crippen LogP contribution in [0.4, 0.5) is 0 Å². The van der Waals surface area contributed by atoms with E-state index in [1.54, 1.807) is 0 Å².